The number of ether oxygens (including phenoxy) is 1. The quantitative estimate of drug-likeness (QED) is 0.602. The predicted molar refractivity (Wildman–Crippen MR) is 124 cm³/mol. The lowest BCUT2D eigenvalue weighted by atomic mass is 9.93. The van der Waals surface area contributed by atoms with Gasteiger partial charge in [-0.05, 0) is 61.2 Å². The number of aromatic amines is 1. The van der Waals surface area contributed by atoms with E-state index in [0.717, 1.165) is 69.1 Å². The lowest BCUT2D eigenvalue weighted by molar-refractivity contribution is 0.0289. The van der Waals surface area contributed by atoms with E-state index in [1.54, 1.807) is 13.3 Å². The van der Waals surface area contributed by atoms with Crippen molar-refractivity contribution in [2.75, 3.05) is 44.2 Å². The highest BCUT2D eigenvalue weighted by atomic mass is 16.5. The summed E-state index contributed by atoms with van der Waals surface area (Å²) in [5.74, 6) is 0.853. The number of carbonyl (C=O) groups excluding carboxylic acids is 1. The van der Waals surface area contributed by atoms with E-state index in [-0.39, 0.29) is 11.9 Å². The first kappa shape index (κ1) is 20.8. The third kappa shape index (κ3) is 4.45. The molecule has 7 heteroatoms. The average molecular weight is 432 g/mol. The van der Waals surface area contributed by atoms with Gasteiger partial charge in [0.25, 0.3) is 0 Å². The van der Waals surface area contributed by atoms with Crippen molar-refractivity contribution in [2.24, 2.45) is 0 Å². The molecule has 0 amide bonds. The number of hydrogen-bond donors (Lipinski definition) is 1. The van der Waals surface area contributed by atoms with Gasteiger partial charge in [0.2, 0.25) is 0 Å². The van der Waals surface area contributed by atoms with Crippen LogP contribution < -0.4 is 4.90 Å². The number of benzene rings is 2. The fourth-order valence-corrected chi connectivity index (χ4v) is 4.70. The fourth-order valence-electron chi connectivity index (χ4n) is 4.70. The first-order valence-corrected chi connectivity index (χ1v) is 11.4. The summed E-state index contributed by atoms with van der Waals surface area (Å²) in [5.41, 5.74) is 5.68. The maximum atomic E-state index is 11.5. The van der Waals surface area contributed by atoms with Gasteiger partial charge in [-0.2, -0.15) is 5.10 Å². The Morgan fingerprint density at radius 2 is 1.94 bits per heavy atom. The Balaban J connectivity index is 1.16. The monoisotopic (exact) mass is 431 g/mol. The summed E-state index contributed by atoms with van der Waals surface area (Å²) in [7, 11) is 0. The second kappa shape index (κ2) is 9.22. The van der Waals surface area contributed by atoms with Gasteiger partial charge in [0.15, 0.2) is 11.6 Å². The molecule has 0 radical (unpaired) electrons. The number of aromatic nitrogens is 3. The zero-order chi connectivity index (χ0) is 21.9. The van der Waals surface area contributed by atoms with Crippen molar-refractivity contribution >= 4 is 11.5 Å². The molecule has 1 aromatic heterocycles. The molecule has 1 saturated heterocycles. The van der Waals surface area contributed by atoms with E-state index in [2.05, 4.69) is 55.3 Å². The molecule has 1 N–H and O–H groups in total. The van der Waals surface area contributed by atoms with Gasteiger partial charge in [0.05, 0.1) is 12.7 Å². The van der Waals surface area contributed by atoms with Crippen LogP contribution >= 0.6 is 0 Å². The fraction of sp³-hybridized carbons (Fsp3) is 0.400. The molecule has 0 unspecified atom stereocenters. The summed E-state index contributed by atoms with van der Waals surface area (Å²) in [5, 5.41) is 6.98. The van der Waals surface area contributed by atoms with Crippen LogP contribution in [-0.4, -0.2) is 65.2 Å². The number of fused-ring (bicyclic) bond motifs is 1. The molecule has 0 aliphatic carbocycles. The standard InChI is InChI=1S/C25H29N5O2/c1-18(31)19-2-5-22(6-3-19)30-13-11-29(12-14-30)10-8-24-23-7-4-21(25-26-17-27-28-25)16-20(23)9-15-32-24/h2-7,16-17,24H,8-15H2,1H3,(H,26,27,28)/t24-/m0/s1. The van der Waals surface area contributed by atoms with Gasteiger partial charge >= 0.3 is 0 Å². The molecule has 3 aromatic rings. The van der Waals surface area contributed by atoms with Crippen molar-refractivity contribution < 1.29 is 9.53 Å². The Kier molecular flexibility index (Phi) is 6.01. The van der Waals surface area contributed by atoms with E-state index in [4.69, 9.17) is 4.74 Å². The van der Waals surface area contributed by atoms with Crippen molar-refractivity contribution in [3.05, 3.63) is 65.5 Å². The van der Waals surface area contributed by atoms with E-state index in [1.165, 1.54) is 16.8 Å². The SMILES string of the molecule is CC(=O)c1ccc(N2CCN(CC[C@@H]3OCCc4cc(-c5nc[nH]n5)ccc43)CC2)cc1. The van der Waals surface area contributed by atoms with Crippen LogP contribution in [0.4, 0.5) is 5.69 Å². The Morgan fingerprint density at radius 3 is 2.66 bits per heavy atom. The second-order valence-electron chi connectivity index (χ2n) is 8.57. The minimum absolute atomic E-state index is 0.113. The van der Waals surface area contributed by atoms with Crippen molar-refractivity contribution in [1.82, 2.24) is 20.1 Å². The molecule has 1 atom stereocenters. The van der Waals surface area contributed by atoms with Gasteiger partial charge in [0.1, 0.15) is 6.33 Å². The zero-order valence-corrected chi connectivity index (χ0v) is 18.5. The largest absolute Gasteiger partial charge is 0.373 e. The summed E-state index contributed by atoms with van der Waals surface area (Å²) >= 11 is 0. The number of H-pyrrole nitrogens is 1. The molecule has 2 aliphatic heterocycles. The molecule has 7 nitrogen and oxygen atoms in total. The van der Waals surface area contributed by atoms with E-state index in [0.29, 0.717) is 0 Å². The summed E-state index contributed by atoms with van der Waals surface area (Å²) in [6, 6.07) is 14.5. The van der Waals surface area contributed by atoms with Crippen LogP contribution in [0.15, 0.2) is 48.8 Å². The highest BCUT2D eigenvalue weighted by molar-refractivity contribution is 5.94. The van der Waals surface area contributed by atoms with Gasteiger partial charge in [-0.25, -0.2) is 4.98 Å². The number of carbonyl (C=O) groups is 1. The van der Waals surface area contributed by atoms with E-state index >= 15 is 0 Å². The molecule has 1 fully saturated rings. The van der Waals surface area contributed by atoms with Crippen molar-refractivity contribution in [3.8, 4) is 11.4 Å². The van der Waals surface area contributed by atoms with Crippen LogP contribution in [0, 0.1) is 0 Å². The lowest BCUT2D eigenvalue weighted by Gasteiger charge is -2.37. The van der Waals surface area contributed by atoms with Crippen LogP contribution in [0.1, 0.15) is 40.9 Å². The Bertz CT molecular complexity index is 1060. The number of anilines is 1. The molecular formula is C25H29N5O2. The number of ketones is 1. The number of Topliss-reactive ketones (excluding diaryl/α,β-unsaturated/α-hetero) is 1. The third-order valence-electron chi connectivity index (χ3n) is 6.57. The molecule has 5 rings (SSSR count). The number of rotatable bonds is 6. The Hall–Kier alpha value is -3.03. The first-order chi connectivity index (χ1) is 15.7. The zero-order valence-electron chi connectivity index (χ0n) is 18.5. The second-order valence-corrected chi connectivity index (χ2v) is 8.57. The van der Waals surface area contributed by atoms with E-state index in [1.807, 2.05) is 12.1 Å². The minimum Gasteiger partial charge on any atom is -0.373 e. The topological polar surface area (TPSA) is 74.3 Å². The van der Waals surface area contributed by atoms with Gasteiger partial charge in [0, 0.05) is 49.5 Å². The molecule has 32 heavy (non-hydrogen) atoms. The lowest BCUT2D eigenvalue weighted by Crippen LogP contribution is -2.47. The molecular weight excluding hydrogens is 402 g/mol. The number of nitrogens with zero attached hydrogens (tertiary/aromatic N) is 4. The summed E-state index contributed by atoms with van der Waals surface area (Å²) in [6.07, 6.45) is 3.70. The van der Waals surface area contributed by atoms with Crippen LogP contribution in [0.25, 0.3) is 11.4 Å². The summed E-state index contributed by atoms with van der Waals surface area (Å²) in [6.45, 7) is 7.49. The average Bonchev–Trinajstić information content (AvgIpc) is 3.38. The van der Waals surface area contributed by atoms with Gasteiger partial charge in [-0.1, -0.05) is 12.1 Å². The normalized spacial score (nSPS) is 19.0. The van der Waals surface area contributed by atoms with E-state index in [9.17, 15) is 4.79 Å². The van der Waals surface area contributed by atoms with E-state index < -0.39 is 0 Å². The molecule has 0 spiro atoms. The highest BCUT2D eigenvalue weighted by Crippen LogP contribution is 2.32. The van der Waals surface area contributed by atoms with Gasteiger partial charge in [-0.3, -0.25) is 14.8 Å². The van der Waals surface area contributed by atoms with Crippen molar-refractivity contribution in [1.29, 1.82) is 0 Å². The Labute approximate surface area is 188 Å². The van der Waals surface area contributed by atoms with Crippen LogP contribution in [-0.2, 0) is 11.2 Å². The molecule has 166 valence electrons. The molecule has 0 bridgehead atoms. The molecule has 2 aromatic carbocycles. The molecule has 3 heterocycles. The molecule has 2 aliphatic rings. The van der Waals surface area contributed by atoms with Crippen LogP contribution in [0.3, 0.4) is 0 Å². The predicted octanol–water partition coefficient (Wildman–Crippen LogP) is 3.50. The number of piperazine rings is 1. The van der Waals surface area contributed by atoms with Crippen LogP contribution in [0.2, 0.25) is 0 Å². The van der Waals surface area contributed by atoms with Gasteiger partial charge < -0.3 is 9.64 Å². The summed E-state index contributed by atoms with van der Waals surface area (Å²) in [4.78, 5) is 20.7. The smallest absolute Gasteiger partial charge is 0.180 e. The maximum Gasteiger partial charge on any atom is 0.180 e. The van der Waals surface area contributed by atoms with Crippen LogP contribution in [0.5, 0.6) is 0 Å². The summed E-state index contributed by atoms with van der Waals surface area (Å²) < 4.78 is 6.14. The third-order valence-corrected chi connectivity index (χ3v) is 6.57. The number of nitrogens with one attached hydrogen (secondary N) is 1. The van der Waals surface area contributed by atoms with Crippen molar-refractivity contribution in [2.45, 2.75) is 25.9 Å². The Morgan fingerprint density at radius 1 is 1.12 bits per heavy atom. The highest BCUT2D eigenvalue weighted by Gasteiger charge is 2.24. The number of hydrogen-bond acceptors (Lipinski definition) is 6. The molecule has 0 saturated carbocycles. The maximum absolute atomic E-state index is 11.5. The minimum atomic E-state index is 0.113. The van der Waals surface area contributed by atoms with Crippen molar-refractivity contribution in [3.63, 3.8) is 0 Å². The first-order valence-electron chi connectivity index (χ1n) is 11.4. The van der Waals surface area contributed by atoms with Gasteiger partial charge in [-0.15, -0.1) is 0 Å².